The van der Waals surface area contributed by atoms with E-state index in [0.717, 1.165) is 23.3 Å². The van der Waals surface area contributed by atoms with Gasteiger partial charge in [0.2, 0.25) is 0 Å². The molecule has 0 aromatic carbocycles. The van der Waals surface area contributed by atoms with Gasteiger partial charge in [0, 0.05) is 14.5 Å². The van der Waals surface area contributed by atoms with Gasteiger partial charge in [-0.3, -0.25) is 0 Å². The molecule has 5 heteroatoms. The Balaban J connectivity index is 1.94. The van der Waals surface area contributed by atoms with Gasteiger partial charge in [0.15, 0.2) is 0 Å². The van der Waals surface area contributed by atoms with Crippen molar-refractivity contribution in [2.75, 3.05) is 0 Å². The molecule has 2 nitrogen and oxygen atoms in total. The molecule has 2 heterocycles. The molecule has 2 aromatic heterocycles. The second-order valence-electron chi connectivity index (χ2n) is 5.37. The Hall–Kier alpha value is -0.615. The molecule has 0 unspecified atom stereocenters. The van der Waals surface area contributed by atoms with Gasteiger partial charge in [-0.15, -0.1) is 22.7 Å². The Bertz CT molecular complexity index is 520. The highest BCUT2D eigenvalue weighted by Crippen LogP contribution is 2.30. The fourth-order valence-corrected chi connectivity index (χ4v) is 4.40. The fourth-order valence-electron chi connectivity index (χ4n) is 2.49. The van der Waals surface area contributed by atoms with E-state index >= 15 is 0 Å². The highest BCUT2D eigenvalue weighted by atomic mass is 32.1. The van der Waals surface area contributed by atoms with Gasteiger partial charge in [-0.25, -0.2) is 0 Å². The van der Waals surface area contributed by atoms with Crippen LogP contribution >= 0.6 is 22.7 Å². The van der Waals surface area contributed by atoms with E-state index in [1.54, 1.807) is 11.3 Å². The second-order valence-corrected chi connectivity index (χ2v) is 7.40. The first-order chi connectivity index (χ1) is 10.2. The smallest absolute Gasteiger partial charge is 0.423 e. The zero-order valence-electron chi connectivity index (χ0n) is 12.5. The summed E-state index contributed by atoms with van der Waals surface area (Å²) >= 11 is 3.20. The summed E-state index contributed by atoms with van der Waals surface area (Å²) in [5, 5.41) is 21.2. The summed E-state index contributed by atoms with van der Waals surface area (Å²) in [6.45, 7) is 2.23. The van der Waals surface area contributed by atoms with Crippen molar-refractivity contribution in [1.82, 2.24) is 0 Å². The molecule has 0 aliphatic heterocycles. The van der Waals surface area contributed by atoms with Gasteiger partial charge in [0.05, 0.1) is 0 Å². The highest BCUT2D eigenvalue weighted by molar-refractivity contribution is 7.27. The molecule has 0 bridgehead atoms. The first-order valence-corrected chi connectivity index (χ1v) is 9.44. The molecular formula is C16H23BO2S2. The van der Waals surface area contributed by atoms with E-state index in [1.165, 1.54) is 48.3 Å². The molecule has 2 rings (SSSR count). The van der Waals surface area contributed by atoms with E-state index in [0.29, 0.717) is 4.78 Å². The van der Waals surface area contributed by atoms with Crippen LogP contribution in [0.4, 0.5) is 0 Å². The Labute approximate surface area is 135 Å². The van der Waals surface area contributed by atoms with Crippen molar-refractivity contribution in [3.05, 3.63) is 29.1 Å². The van der Waals surface area contributed by atoms with Crippen LogP contribution in [0.2, 0.25) is 0 Å². The van der Waals surface area contributed by atoms with Gasteiger partial charge in [-0.1, -0.05) is 45.1 Å². The van der Waals surface area contributed by atoms with Gasteiger partial charge in [-0.05, 0) is 35.9 Å². The summed E-state index contributed by atoms with van der Waals surface area (Å²) in [5.74, 6) is 0. The van der Waals surface area contributed by atoms with Crippen LogP contribution < -0.4 is 4.78 Å². The van der Waals surface area contributed by atoms with Crippen molar-refractivity contribution in [3.8, 4) is 9.75 Å². The minimum absolute atomic E-state index is 0.715. The Morgan fingerprint density at radius 2 is 1.81 bits per heavy atom. The normalized spacial score (nSPS) is 11.0. The number of rotatable bonds is 9. The third-order valence-corrected chi connectivity index (χ3v) is 5.92. The fraction of sp³-hybridized carbons (Fsp3) is 0.500. The molecule has 0 saturated carbocycles. The third kappa shape index (κ3) is 4.96. The molecule has 21 heavy (non-hydrogen) atoms. The molecule has 0 saturated heterocycles. The molecule has 114 valence electrons. The standard InChI is InChI=1S/C16H23BO2S2/c1-2-3-4-5-6-7-9-13-12-15(14-10-8-11-20-14)21-16(13)17(18)19/h8,10-12,18-19H,2-7,9H2,1H3. The van der Waals surface area contributed by atoms with Crippen molar-refractivity contribution < 1.29 is 10.0 Å². The van der Waals surface area contributed by atoms with Crippen LogP contribution in [0.15, 0.2) is 23.6 Å². The van der Waals surface area contributed by atoms with E-state index in [2.05, 4.69) is 24.4 Å². The van der Waals surface area contributed by atoms with Crippen molar-refractivity contribution in [2.24, 2.45) is 0 Å². The van der Waals surface area contributed by atoms with Gasteiger partial charge >= 0.3 is 7.12 Å². The first kappa shape index (κ1) is 16.8. The zero-order valence-corrected chi connectivity index (χ0v) is 14.2. The number of thiophene rings is 2. The van der Waals surface area contributed by atoms with Gasteiger partial charge in [0.1, 0.15) is 0 Å². The predicted molar refractivity (Wildman–Crippen MR) is 94.5 cm³/mol. The average Bonchev–Trinajstić information content (AvgIpc) is 3.11. The number of hydrogen-bond acceptors (Lipinski definition) is 4. The van der Waals surface area contributed by atoms with Crippen molar-refractivity contribution in [1.29, 1.82) is 0 Å². The molecule has 0 spiro atoms. The molecular weight excluding hydrogens is 299 g/mol. The molecule has 0 aliphatic rings. The lowest BCUT2D eigenvalue weighted by molar-refractivity contribution is 0.426. The molecule has 0 atom stereocenters. The SMILES string of the molecule is CCCCCCCCc1cc(-c2cccs2)sc1B(O)O. The Morgan fingerprint density at radius 3 is 2.48 bits per heavy atom. The monoisotopic (exact) mass is 322 g/mol. The molecule has 2 aromatic rings. The largest absolute Gasteiger partial charge is 0.499 e. The van der Waals surface area contributed by atoms with Gasteiger partial charge in [-0.2, -0.15) is 0 Å². The summed E-state index contributed by atoms with van der Waals surface area (Å²) in [6.07, 6.45) is 8.50. The van der Waals surface area contributed by atoms with Crippen LogP contribution in [0.3, 0.4) is 0 Å². The maximum Gasteiger partial charge on any atom is 0.499 e. The van der Waals surface area contributed by atoms with Gasteiger partial charge in [0.25, 0.3) is 0 Å². The molecule has 0 radical (unpaired) electrons. The molecule has 2 N–H and O–H groups in total. The van der Waals surface area contributed by atoms with Crippen LogP contribution in [-0.4, -0.2) is 17.2 Å². The quantitative estimate of drug-likeness (QED) is 0.540. The summed E-state index contributed by atoms with van der Waals surface area (Å²) in [7, 11) is -1.35. The van der Waals surface area contributed by atoms with E-state index in [-0.39, 0.29) is 0 Å². The minimum atomic E-state index is -1.35. The van der Waals surface area contributed by atoms with Crippen LogP contribution in [0, 0.1) is 0 Å². The number of hydrogen-bond donors (Lipinski definition) is 2. The second kappa shape index (κ2) is 8.74. The van der Waals surface area contributed by atoms with E-state index in [4.69, 9.17) is 0 Å². The van der Waals surface area contributed by atoms with Crippen molar-refractivity contribution >= 4 is 34.6 Å². The average molecular weight is 322 g/mol. The lowest BCUT2D eigenvalue weighted by Crippen LogP contribution is -2.29. The Morgan fingerprint density at radius 1 is 1.05 bits per heavy atom. The number of unbranched alkanes of at least 4 members (excludes halogenated alkanes) is 5. The third-order valence-electron chi connectivity index (χ3n) is 3.64. The lowest BCUT2D eigenvalue weighted by atomic mass is 9.84. The van der Waals surface area contributed by atoms with Gasteiger partial charge < -0.3 is 10.0 Å². The van der Waals surface area contributed by atoms with Crippen LogP contribution in [0.5, 0.6) is 0 Å². The summed E-state index contributed by atoms with van der Waals surface area (Å²) < 4.78 is 0.715. The first-order valence-electron chi connectivity index (χ1n) is 7.75. The summed E-state index contributed by atoms with van der Waals surface area (Å²) in [4.78, 5) is 2.35. The lowest BCUT2D eigenvalue weighted by Gasteiger charge is -2.03. The molecule has 0 amide bonds. The van der Waals surface area contributed by atoms with E-state index in [9.17, 15) is 10.0 Å². The van der Waals surface area contributed by atoms with E-state index < -0.39 is 7.12 Å². The van der Waals surface area contributed by atoms with Crippen LogP contribution in [0.25, 0.3) is 9.75 Å². The Kier molecular flexibility index (Phi) is 6.97. The minimum Gasteiger partial charge on any atom is -0.423 e. The predicted octanol–water partition coefficient (Wildman–Crippen LogP) is 4.06. The summed E-state index contributed by atoms with van der Waals surface area (Å²) in [6, 6.07) is 6.25. The van der Waals surface area contributed by atoms with E-state index in [1.807, 2.05) is 6.07 Å². The summed E-state index contributed by atoms with van der Waals surface area (Å²) in [5.41, 5.74) is 1.11. The van der Waals surface area contributed by atoms with Crippen LogP contribution in [-0.2, 0) is 6.42 Å². The molecule has 0 aliphatic carbocycles. The molecule has 0 fully saturated rings. The topological polar surface area (TPSA) is 40.5 Å². The zero-order chi connectivity index (χ0) is 15.1. The maximum atomic E-state index is 9.56. The maximum absolute atomic E-state index is 9.56. The van der Waals surface area contributed by atoms with Crippen molar-refractivity contribution in [2.45, 2.75) is 51.9 Å². The highest BCUT2D eigenvalue weighted by Gasteiger charge is 2.20. The van der Waals surface area contributed by atoms with Crippen LogP contribution in [0.1, 0.15) is 51.0 Å². The number of aryl methyl sites for hydroxylation is 1. The van der Waals surface area contributed by atoms with Crippen molar-refractivity contribution in [3.63, 3.8) is 0 Å².